The molecular weight excluding hydrogens is 218 g/mol. The van der Waals surface area contributed by atoms with Crippen LogP contribution in [0.25, 0.3) is 0 Å². The average Bonchev–Trinajstić information content (AvgIpc) is 2.61. The molecule has 0 saturated carbocycles. The SMILES string of the molecule is NCCCC(=O)Nc1cnn(CC(F)F)c1. The minimum absolute atomic E-state index is 0.193. The Morgan fingerprint density at radius 2 is 2.38 bits per heavy atom. The van der Waals surface area contributed by atoms with E-state index < -0.39 is 13.0 Å². The van der Waals surface area contributed by atoms with Crippen LogP contribution in [0.1, 0.15) is 12.8 Å². The summed E-state index contributed by atoms with van der Waals surface area (Å²) < 4.78 is 25.1. The maximum atomic E-state index is 12.0. The van der Waals surface area contributed by atoms with Gasteiger partial charge < -0.3 is 11.1 Å². The van der Waals surface area contributed by atoms with Gasteiger partial charge in [0.15, 0.2) is 0 Å². The Labute approximate surface area is 91.6 Å². The molecule has 1 heterocycles. The highest BCUT2D eigenvalue weighted by Crippen LogP contribution is 2.07. The summed E-state index contributed by atoms with van der Waals surface area (Å²) in [5.41, 5.74) is 5.67. The summed E-state index contributed by atoms with van der Waals surface area (Å²) in [6.07, 6.45) is 1.16. The predicted octanol–water partition coefficient (Wildman–Crippen LogP) is 0.826. The molecule has 7 heteroatoms. The van der Waals surface area contributed by atoms with Crippen molar-refractivity contribution in [2.45, 2.75) is 25.8 Å². The molecular formula is C9H14F2N4O. The van der Waals surface area contributed by atoms with E-state index in [2.05, 4.69) is 10.4 Å². The normalized spacial score (nSPS) is 10.8. The van der Waals surface area contributed by atoms with Gasteiger partial charge in [-0.05, 0) is 13.0 Å². The zero-order chi connectivity index (χ0) is 12.0. The van der Waals surface area contributed by atoms with Crippen LogP contribution >= 0.6 is 0 Å². The maximum Gasteiger partial charge on any atom is 0.257 e. The Bertz CT molecular complexity index is 340. The van der Waals surface area contributed by atoms with E-state index in [0.717, 1.165) is 4.68 Å². The van der Waals surface area contributed by atoms with Gasteiger partial charge in [-0.25, -0.2) is 8.78 Å². The lowest BCUT2D eigenvalue weighted by Crippen LogP contribution is -2.13. The number of nitrogens with two attached hydrogens (primary N) is 1. The summed E-state index contributed by atoms with van der Waals surface area (Å²) in [4.78, 5) is 11.3. The zero-order valence-corrected chi connectivity index (χ0v) is 8.70. The quantitative estimate of drug-likeness (QED) is 0.762. The second-order valence-corrected chi connectivity index (χ2v) is 3.28. The molecule has 0 aliphatic carbocycles. The van der Waals surface area contributed by atoms with Gasteiger partial charge in [-0.2, -0.15) is 5.10 Å². The van der Waals surface area contributed by atoms with Crippen LogP contribution in [0, 0.1) is 0 Å². The summed E-state index contributed by atoms with van der Waals surface area (Å²) in [5, 5.41) is 6.23. The van der Waals surface area contributed by atoms with Crippen LogP contribution in [0.3, 0.4) is 0 Å². The monoisotopic (exact) mass is 232 g/mol. The Kier molecular flexibility index (Phi) is 4.84. The van der Waals surface area contributed by atoms with Crippen LogP contribution in [0.5, 0.6) is 0 Å². The molecule has 1 aromatic rings. The highest BCUT2D eigenvalue weighted by molar-refractivity contribution is 5.90. The molecule has 0 saturated heterocycles. The van der Waals surface area contributed by atoms with E-state index in [1.807, 2.05) is 0 Å². The molecule has 0 aliphatic heterocycles. The molecule has 1 amide bonds. The molecule has 0 spiro atoms. The molecule has 3 N–H and O–H groups in total. The summed E-state index contributed by atoms with van der Waals surface area (Å²) in [7, 11) is 0. The highest BCUT2D eigenvalue weighted by atomic mass is 19.3. The zero-order valence-electron chi connectivity index (χ0n) is 8.70. The van der Waals surface area contributed by atoms with Crippen molar-refractivity contribution in [2.24, 2.45) is 5.73 Å². The number of nitrogens with one attached hydrogen (secondary N) is 1. The predicted molar refractivity (Wildman–Crippen MR) is 55.1 cm³/mol. The summed E-state index contributed by atoms with van der Waals surface area (Å²) in [6, 6.07) is 0. The molecule has 0 unspecified atom stereocenters. The maximum absolute atomic E-state index is 12.0. The molecule has 0 atom stereocenters. The van der Waals surface area contributed by atoms with Crippen molar-refractivity contribution in [2.75, 3.05) is 11.9 Å². The van der Waals surface area contributed by atoms with Crippen LogP contribution in [-0.4, -0.2) is 28.7 Å². The van der Waals surface area contributed by atoms with Gasteiger partial charge in [-0.1, -0.05) is 0 Å². The van der Waals surface area contributed by atoms with E-state index in [0.29, 0.717) is 25.1 Å². The Morgan fingerprint density at radius 1 is 1.62 bits per heavy atom. The molecule has 5 nitrogen and oxygen atoms in total. The van der Waals surface area contributed by atoms with Crippen LogP contribution < -0.4 is 11.1 Å². The smallest absolute Gasteiger partial charge is 0.257 e. The first-order valence-corrected chi connectivity index (χ1v) is 4.92. The molecule has 0 aliphatic rings. The fraction of sp³-hybridized carbons (Fsp3) is 0.556. The van der Waals surface area contributed by atoms with Gasteiger partial charge in [-0.3, -0.25) is 9.48 Å². The third kappa shape index (κ3) is 4.35. The second-order valence-electron chi connectivity index (χ2n) is 3.28. The van der Waals surface area contributed by atoms with E-state index in [1.165, 1.54) is 12.4 Å². The van der Waals surface area contributed by atoms with E-state index in [-0.39, 0.29) is 5.91 Å². The van der Waals surface area contributed by atoms with E-state index >= 15 is 0 Å². The highest BCUT2D eigenvalue weighted by Gasteiger charge is 2.07. The number of anilines is 1. The van der Waals surface area contributed by atoms with Gasteiger partial charge in [0.25, 0.3) is 6.43 Å². The summed E-state index contributed by atoms with van der Waals surface area (Å²) >= 11 is 0. The van der Waals surface area contributed by atoms with Crippen LogP contribution in [0.4, 0.5) is 14.5 Å². The molecule has 0 fully saturated rings. The van der Waals surface area contributed by atoms with E-state index in [4.69, 9.17) is 5.73 Å². The third-order valence-electron chi connectivity index (χ3n) is 1.85. The number of nitrogens with zero attached hydrogens (tertiary/aromatic N) is 2. The average molecular weight is 232 g/mol. The molecule has 90 valence electrons. The number of alkyl halides is 2. The molecule has 1 rings (SSSR count). The first kappa shape index (κ1) is 12.6. The Hall–Kier alpha value is -1.50. The third-order valence-corrected chi connectivity index (χ3v) is 1.85. The number of amides is 1. The van der Waals surface area contributed by atoms with Crippen LogP contribution in [-0.2, 0) is 11.3 Å². The van der Waals surface area contributed by atoms with Gasteiger partial charge in [0.2, 0.25) is 5.91 Å². The Balaban J connectivity index is 2.42. The van der Waals surface area contributed by atoms with E-state index in [1.54, 1.807) is 0 Å². The summed E-state index contributed by atoms with van der Waals surface area (Å²) in [6.45, 7) is -0.0310. The van der Waals surface area contributed by atoms with Gasteiger partial charge in [0, 0.05) is 12.6 Å². The largest absolute Gasteiger partial charge is 0.330 e. The number of carbonyl (C=O) groups is 1. The number of aromatic nitrogens is 2. The number of rotatable bonds is 6. The standard InChI is InChI=1S/C9H14F2N4O/c10-8(11)6-15-5-7(4-13-15)14-9(16)2-1-3-12/h4-5,8H,1-3,6,12H2,(H,14,16). The summed E-state index contributed by atoms with van der Waals surface area (Å²) in [5.74, 6) is -0.193. The molecule has 1 aromatic heterocycles. The first-order chi connectivity index (χ1) is 7.61. The van der Waals surface area contributed by atoms with Crippen molar-refractivity contribution in [1.29, 1.82) is 0 Å². The van der Waals surface area contributed by atoms with Gasteiger partial charge in [0.05, 0.1) is 11.9 Å². The first-order valence-electron chi connectivity index (χ1n) is 4.92. The van der Waals surface area contributed by atoms with Crippen molar-refractivity contribution >= 4 is 11.6 Å². The number of hydrogen-bond donors (Lipinski definition) is 2. The second kappa shape index (κ2) is 6.16. The van der Waals surface area contributed by atoms with Crippen LogP contribution in [0.2, 0.25) is 0 Å². The molecule has 0 aromatic carbocycles. The fourth-order valence-electron chi connectivity index (χ4n) is 1.16. The Morgan fingerprint density at radius 3 is 3.00 bits per heavy atom. The molecule has 0 radical (unpaired) electrons. The number of halogens is 2. The van der Waals surface area contributed by atoms with Crippen molar-refractivity contribution < 1.29 is 13.6 Å². The topological polar surface area (TPSA) is 72.9 Å². The number of hydrogen-bond acceptors (Lipinski definition) is 3. The molecule has 16 heavy (non-hydrogen) atoms. The lowest BCUT2D eigenvalue weighted by Gasteiger charge is -2.01. The number of carbonyl (C=O) groups excluding carboxylic acids is 1. The lowest BCUT2D eigenvalue weighted by molar-refractivity contribution is -0.116. The van der Waals surface area contributed by atoms with Crippen molar-refractivity contribution in [3.8, 4) is 0 Å². The van der Waals surface area contributed by atoms with Crippen molar-refractivity contribution in [3.05, 3.63) is 12.4 Å². The van der Waals surface area contributed by atoms with Crippen molar-refractivity contribution in [3.63, 3.8) is 0 Å². The van der Waals surface area contributed by atoms with E-state index in [9.17, 15) is 13.6 Å². The molecule has 0 bridgehead atoms. The van der Waals surface area contributed by atoms with Gasteiger partial charge in [-0.15, -0.1) is 0 Å². The van der Waals surface area contributed by atoms with Gasteiger partial charge in [0.1, 0.15) is 6.54 Å². The van der Waals surface area contributed by atoms with Gasteiger partial charge >= 0.3 is 0 Å². The fourth-order valence-corrected chi connectivity index (χ4v) is 1.16. The lowest BCUT2D eigenvalue weighted by atomic mass is 10.3. The van der Waals surface area contributed by atoms with Crippen molar-refractivity contribution in [1.82, 2.24) is 9.78 Å². The minimum atomic E-state index is -2.46. The van der Waals surface area contributed by atoms with Crippen LogP contribution in [0.15, 0.2) is 12.4 Å². The minimum Gasteiger partial charge on any atom is -0.330 e.